The Labute approximate surface area is 207 Å². The van der Waals surface area contributed by atoms with Crippen molar-refractivity contribution in [2.45, 2.75) is 140 Å². The first-order valence-electron chi connectivity index (χ1n) is 15.2. The molecule has 33 heavy (non-hydrogen) atoms. The minimum Gasteiger partial charge on any atom is -0.0622 e. The Morgan fingerprint density at radius 2 is 1.36 bits per heavy atom. The zero-order valence-corrected chi connectivity index (χ0v) is 24.2. The number of rotatable bonds is 2. The van der Waals surface area contributed by atoms with E-state index < -0.39 is 0 Å². The van der Waals surface area contributed by atoms with Crippen molar-refractivity contribution < 1.29 is 0 Å². The lowest BCUT2D eigenvalue weighted by Crippen LogP contribution is -2.66. The molecule has 0 aromatic carbocycles. The molecular weight excluding hydrogens is 396 g/mol. The monoisotopic (exact) mass is 454 g/mol. The van der Waals surface area contributed by atoms with Crippen LogP contribution in [0.15, 0.2) is 0 Å². The van der Waals surface area contributed by atoms with Gasteiger partial charge in [0.25, 0.3) is 0 Å². The van der Waals surface area contributed by atoms with Gasteiger partial charge in [-0.1, -0.05) is 75.7 Å². The van der Waals surface area contributed by atoms with Crippen molar-refractivity contribution in [3.63, 3.8) is 0 Å². The predicted molar refractivity (Wildman–Crippen MR) is 143 cm³/mol. The third kappa shape index (κ3) is 2.82. The standard InChI is InChI=1S/C33H58/c1-22(2)29(6,7)33-17-11-12-25(33)24-13-14-27-30(8)18-15-23(3)28(4,5)26(30)16-19-32(27,10)31(24,9)20-21-33/h22-27H,11-21H2,1-10H3/t23-,24+,25?,26?,27?,30-,31+,32+,33?/m0/s1. The van der Waals surface area contributed by atoms with Crippen molar-refractivity contribution in [3.8, 4) is 0 Å². The molecule has 0 aromatic rings. The third-order valence-corrected chi connectivity index (χ3v) is 15.6. The van der Waals surface area contributed by atoms with Crippen molar-refractivity contribution in [2.24, 2.45) is 68.0 Å². The molecule has 9 atom stereocenters. The highest BCUT2D eigenvalue weighted by Gasteiger charge is 2.71. The highest BCUT2D eigenvalue weighted by Crippen LogP contribution is 2.78. The fourth-order valence-electron chi connectivity index (χ4n) is 12.4. The number of fused-ring (bicyclic) bond motifs is 7. The Hall–Kier alpha value is 0. The molecule has 5 aliphatic carbocycles. The van der Waals surface area contributed by atoms with E-state index in [1.54, 1.807) is 0 Å². The first-order valence-corrected chi connectivity index (χ1v) is 15.2. The van der Waals surface area contributed by atoms with Crippen LogP contribution in [0.25, 0.3) is 0 Å². The number of hydrogen-bond acceptors (Lipinski definition) is 0. The Morgan fingerprint density at radius 1 is 0.667 bits per heavy atom. The van der Waals surface area contributed by atoms with Crippen molar-refractivity contribution >= 4 is 0 Å². The maximum Gasteiger partial charge on any atom is -0.0212 e. The molecular formula is C33H58. The van der Waals surface area contributed by atoms with Crippen LogP contribution in [-0.4, -0.2) is 0 Å². The van der Waals surface area contributed by atoms with Crippen molar-refractivity contribution in [1.29, 1.82) is 0 Å². The zero-order valence-electron chi connectivity index (χ0n) is 24.2. The molecule has 0 N–H and O–H groups in total. The summed E-state index contributed by atoms with van der Waals surface area (Å²) < 4.78 is 0. The van der Waals surface area contributed by atoms with Crippen molar-refractivity contribution in [3.05, 3.63) is 0 Å². The molecule has 0 heterocycles. The number of hydrogen-bond donors (Lipinski definition) is 0. The quantitative estimate of drug-likeness (QED) is 0.389. The maximum atomic E-state index is 2.83. The summed E-state index contributed by atoms with van der Waals surface area (Å²) in [5, 5.41) is 0. The van der Waals surface area contributed by atoms with E-state index in [9.17, 15) is 0 Å². The van der Waals surface area contributed by atoms with Crippen LogP contribution >= 0.6 is 0 Å². The van der Waals surface area contributed by atoms with E-state index >= 15 is 0 Å². The van der Waals surface area contributed by atoms with Gasteiger partial charge in [-0.2, -0.15) is 0 Å². The summed E-state index contributed by atoms with van der Waals surface area (Å²) in [7, 11) is 0. The maximum absolute atomic E-state index is 2.83. The molecule has 0 nitrogen and oxygen atoms in total. The highest BCUT2D eigenvalue weighted by molar-refractivity contribution is 5.19. The average molecular weight is 455 g/mol. The van der Waals surface area contributed by atoms with E-state index in [1.807, 2.05) is 0 Å². The van der Waals surface area contributed by atoms with E-state index in [-0.39, 0.29) is 0 Å². The summed E-state index contributed by atoms with van der Waals surface area (Å²) in [4.78, 5) is 0. The Morgan fingerprint density at radius 3 is 2.03 bits per heavy atom. The smallest absolute Gasteiger partial charge is 0.0212 e. The van der Waals surface area contributed by atoms with Gasteiger partial charge in [0.15, 0.2) is 0 Å². The highest BCUT2D eigenvalue weighted by atomic mass is 14.8. The summed E-state index contributed by atoms with van der Waals surface area (Å²) in [6.07, 6.45) is 16.6. The molecule has 5 rings (SSSR count). The van der Waals surface area contributed by atoms with Crippen LogP contribution in [-0.2, 0) is 0 Å². The van der Waals surface area contributed by atoms with Gasteiger partial charge in [0.1, 0.15) is 0 Å². The first-order chi connectivity index (χ1) is 15.2. The van der Waals surface area contributed by atoms with E-state index in [2.05, 4.69) is 69.2 Å². The van der Waals surface area contributed by atoms with Gasteiger partial charge in [-0.25, -0.2) is 0 Å². The van der Waals surface area contributed by atoms with Gasteiger partial charge in [0, 0.05) is 0 Å². The Kier molecular flexibility index (Phi) is 5.44. The summed E-state index contributed by atoms with van der Waals surface area (Å²) in [6.45, 7) is 26.6. The lowest BCUT2D eigenvalue weighted by molar-refractivity contribution is -0.249. The second-order valence-electron chi connectivity index (χ2n) is 16.5. The molecule has 0 spiro atoms. The van der Waals surface area contributed by atoms with Gasteiger partial charge in [-0.15, -0.1) is 0 Å². The fraction of sp³-hybridized carbons (Fsp3) is 1.00. The Balaban J connectivity index is 1.53. The fourth-order valence-corrected chi connectivity index (χ4v) is 12.4. The molecule has 0 aliphatic heterocycles. The average Bonchev–Trinajstić information content (AvgIpc) is 3.17. The summed E-state index contributed by atoms with van der Waals surface area (Å²) >= 11 is 0. The van der Waals surface area contributed by atoms with E-state index in [0.29, 0.717) is 32.5 Å². The van der Waals surface area contributed by atoms with E-state index in [4.69, 9.17) is 0 Å². The SMILES string of the molecule is CC(C)C(C)(C)C12CCCC1[C@H]1CCC3[C@@]4(C)CC[C@H](C)C(C)(C)C4CC[C@@]3(C)[C@]1(C)CC2. The predicted octanol–water partition coefficient (Wildman–Crippen LogP) is 10.2. The molecule has 0 radical (unpaired) electrons. The lowest BCUT2D eigenvalue weighted by Gasteiger charge is -2.73. The molecule has 0 heteroatoms. The summed E-state index contributed by atoms with van der Waals surface area (Å²) in [5.74, 6) is 5.52. The van der Waals surface area contributed by atoms with Crippen LogP contribution in [0.2, 0.25) is 0 Å². The molecule has 0 amide bonds. The minimum absolute atomic E-state index is 0.473. The van der Waals surface area contributed by atoms with Gasteiger partial charge >= 0.3 is 0 Å². The molecule has 4 unspecified atom stereocenters. The van der Waals surface area contributed by atoms with E-state index in [1.165, 1.54) is 70.6 Å². The largest absolute Gasteiger partial charge is 0.0622 e. The molecule has 5 fully saturated rings. The first kappa shape index (κ1) is 24.7. The summed E-state index contributed by atoms with van der Waals surface area (Å²) in [6, 6.07) is 0. The summed E-state index contributed by atoms with van der Waals surface area (Å²) in [5.41, 5.74) is 3.27. The van der Waals surface area contributed by atoms with E-state index in [0.717, 1.165) is 35.5 Å². The van der Waals surface area contributed by atoms with Crippen LogP contribution in [0.5, 0.6) is 0 Å². The second-order valence-corrected chi connectivity index (χ2v) is 16.5. The van der Waals surface area contributed by atoms with Gasteiger partial charge in [0.05, 0.1) is 0 Å². The zero-order chi connectivity index (χ0) is 24.2. The normalized spacial score (nSPS) is 53.7. The third-order valence-electron chi connectivity index (χ3n) is 15.6. The minimum atomic E-state index is 0.473. The topological polar surface area (TPSA) is 0 Å². The van der Waals surface area contributed by atoms with Crippen LogP contribution < -0.4 is 0 Å². The Bertz CT molecular complexity index is 773. The van der Waals surface area contributed by atoms with Gasteiger partial charge in [0.2, 0.25) is 0 Å². The van der Waals surface area contributed by atoms with Gasteiger partial charge < -0.3 is 0 Å². The van der Waals surface area contributed by atoms with Crippen LogP contribution in [0, 0.1) is 68.0 Å². The molecule has 5 saturated carbocycles. The molecule has 5 aliphatic rings. The van der Waals surface area contributed by atoms with Gasteiger partial charge in [-0.05, 0) is 132 Å². The molecule has 190 valence electrons. The van der Waals surface area contributed by atoms with Crippen molar-refractivity contribution in [2.75, 3.05) is 0 Å². The van der Waals surface area contributed by atoms with Crippen LogP contribution in [0.1, 0.15) is 140 Å². The lowest BCUT2D eigenvalue weighted by atomic mass is 9.31. The van der Waals surface area contributed by atoms with Crippen molar-refractivity contribution in [1.82, 2.24) is 0 Å². The van der Waals surface area contributed by atoms with Crippen LogP contribution in [0.4, 0.5) is 0 Å². The van der Waals surface area contributed by atoms with Crippen LogP contribution in [0.3, 0.4) is 0 Å². The second kappa shape index (κ2) is 7.28. The molecule has 0 bridgehead atoms. The molecule has 0 aromatic heterocycles. The molecule has 0 saturated heterocycles. The van der Waals surface area contributed by atoms with Gasteiger partial charge in [-0.3, -0.25) is 0 Å².